The van der Waals surface area contributed by atoms with Crippen LogP contribution in [-0.4, -0.2) is 32.2 Å². The van der Waals surface area contributed by atoms with E-state index in [-0.39, 0.29) is 5.91 Å². The summed E-state index contributed by atoms with van der Waals surface area (Å²) in [6, 6.07) is 12.0. The third-order valence-corrected chi connectivity index (χ3v) is 4.59. The van der Waals surface area contributed by atoms with Crippen molar-refractivity contribution in [2.24, 2.45) is 0 Å². The molecule has 2 heterocycles. The van der Waals surface area contributed by atoms with Crippen LogP contribution >= 0.6 is 0 Å². The fourth-order valence-corrected chi connectivity index (χ4v) is 3.23. The molecule has 3 aromatic rings. The molecule has 0 aliphatic carbocycles. The van der Waals surface area contributed by atoms with Crippen LogP contribution in [0.15, 0.2) is 48.8 Å². The van der Waals surface area contributed by atoms with Gasteiger partial charge in [-0.1, -0.05) is 12.1 Å². The molecule has 0 fully saturated rings. The third-order valence-electron chi connectivity index (χ3n) is 4.59. The minimum Gasteiger partial charge on any atom is -0.349 e. The maximum atomic E-state index is 12.8. The summed E-state index contributed by atoms with van der Waals surface area (Å²) in [6.45, 7) is 7.61. The van der Waals surface area contributed by atoms with E-state index in [0.717, 1.165) is 34.7 Å². The van der Waals surface area contributed by atoms with Crippen LogP contribution in [0.3, 0.4) is 0 Å². The van der Waals surface area contributed by atoms with Crippen LogP contribution in [0.1, 0.15) is 34.2 Å². The van der Waals surface area contributed by atoms with E-state index < -0.39 is 0 Å². The predicted octanol–water partition coefficient (Wildman–Crippen LogP) is 3.58. The van der Waals surface area contributed by atoms with Crippen molar-refractivity contribution in [3.63, 3.8) is 0 Å². The molecule has 0 bridgehead atoms. The van der Waals surface area contributed by atoms with Gasteiger partial charge in [0.1, 0.15) is 0 Å². The second-order valence-corrected chi connectivity index (χ2v) is 6.31. The molecule has 0 unspecified atom stereocenters. The molecule has 0 aliphatic heterocycles. The monoisotopic (exact) mass is 336 g/mol. The van der Waals surface area contributed by atoms with Gasteiger partial charge in [-0.3, -0.25) is 4.79 Å². The highest BCUT2D eigenvalue weighted by Gasteiger charge is 2.18. The van der Waals surface area contributed by atoms with Crippen molar-refractivity contribution in [1.29, 1.82) is 0 Å². The van der Waals surface area contributed by atoms with E-state index in [9.17, 15) is 4.79 Å². The van der Waals surface area contributed by atoms with Gasteiger partial charge in [-0.15, -0.1) is 0 Å². The maximum absolute atomic E-state index is 12.8. The second-order valence-electron chi connectivity index (χ2n) is 6.31. The molecule has 5 nitrogen and oxygen atoms in total. The summed E-state index contributed by atoms with van der Waals surface area (Å²) < 4.78 is 3.98. The lowest BCUT2D eigenvalue weighted by Crippen LogP contribution is -2.26. The van der Waals surface area contributed by atoms with Crippen LogP contribution < -0.4 is 0 Å². The highest BCUT2D eigenvalue weighted by molar-refractivity contribution is 5.95. The zero-order valence-corrected chi connectivity index (χ0v) is 15.2. The largest absolute Gasteiger partial charge is 0.349 e. The van der Waals surface area contributed by atoms with Crippen molar-refractivity contribution >= 4 is 5.91 Å². The first-order valence-electron chi connectivity index (χ1n) is 8.52. The van der Waals surface area contributed by atoms with Crippen molar-refractivity contribution in [2.45, 2.75) is 33.9 Å². The van der Waals surface area contributed by atoms with Crippen molar-refractivity contribution < 1.29 is 4.79 Å². The van der Waals surface area contributed by atoms with E-state index in [1.54, 1.807) is 11.1 Å². The number of aromatic nitrogens is 3. The molecule has 0 radical (unpaired) electrons. The standard InChI is InChI=1S/C20H24N4O/c1-5-23-15(2)13-19(16(23)3)20(25)22(4)14-17-7-9-18(10-8-17)24-12-6-11-21-24/h6-13H,5,14H2,1-4H3. The van der Waals surface area contributed by atoms with E-state index in [1.165, 1.54) is 0 Å². The number of carbonyl (C=O) groups excluding carboxylic acids is 1. The number of aryl methyl sites for hydroxylation is 1. The number of hydrogen-bond acceptors (Lipinski definition) is 2. The summed E-state index contributed by atoms with van der Waals surface area (Å²) in [4.78, 5) is 14.6. The SMILES string of the molecule is CCn1c(C)cc(C(=O)N(C)Cc2ccc(-n3cccn3)cc2)c1C. The normalized spacial score (nSPS) is 10.9. The van der Waals surface area contributed by atoms with Gasteiger partial charge in [0, 0.05) is 43.9 Å². The fraction of sp³-hybridized carbons (Fsp3) is 0.300. The van der Waals surface area contributed by atoms with Crippen molar-refractivity contribution in [3.05, 3.63) is 71.3 Å². The smallest absolute Gasteiger partial charge is 0.255 e. The summed E-state index contributed by atoms with van der Waals surface area (Å²) in [6.07, 6.45) is 3.67. The zero-order chi connectivity index (χ0) is 18.0. The van der Waals surface area contributed by atoms with Crippen LogP contribution in [0.4, 0.5) is 0 Å². The van der Waals surface area contributed by atoms with E-state index in [4.69, 9.17) is 0 Å². The molecule has 0 N–H and O–H groups in total. The Morgan fingerprint density at radius 2 is 1.92 bits per heavy atom. The lowest BCUT2D eigenvalue weighted by molar-refractivity contribution is 0.0784. The Bertz CT molecular complexity index is 860. The lowest BCUT2D eigenvalue weighted by atomic mass is 10.1. The predicted molar refractivity (Wildman–Crippen MR) is 98.9 cm³/mol. The number of nitrogens with zero attached hydrogens (tertiary/aromatic N) is 4. The first-order chi connectivity index (χ1) is 12.0. The summed E-state index contributed by atoms with van der Waals surface area (Å²) in [5.41, 5.74) is 5.05. The molecule has 0 spiro atoms. The van der Waals surface area contributed by atoms with Crippen molar-refractivity contribution in [1.82, 2.24) is 19.2 Å². The van der Waals surface area contributed by atoms with Gasteiger partial charge >= 0.3 is 0 Å². The number of benzene rings is 1. The van der Waals surface area contributed by atoms with Gasteiger partial charge in [0.25, 0.3) is 5.91 Å². The van der Waals surface area contributed by atoms with E-state index in [0.29, 0.717) is 6.54 Å². The molecule has 5 heteroatoms. The van der Waals surface area contributed by atoms with Gasteiger partial charge in [-0.25, -0.2) is 4.68 Å². The molecule has 0 atom stereocenters. The number of hydrogen-bond donors (Lipinski definition) is 0. The first kappa shape index (κ1) is 17.0. The van der Waals surface area contributed by atoms with Crippen LogP contribution in [0.5, 0.6) is 0 Å². The Kier molecular flexibility index (Phi) is 4.74. The van der Waals surface area contributed by atoms with E-state index in [1.807, 2.05) is 68.2 Å². The molecule has 25 heavy (non-hydrogen) atoms. The number of rotatable bonds is 5. The highest BCUT2D eigenvalue weighted by Crippen LogP contribution is 2.18. The molecule has 1 amide bonds. The number of carbonyl (C=O) groups is 1. The van der Waals surface area contributed by atoms with Gasteiger partial charge in [0.2, 0.25) is 0 Å². The molecule has 2 aromatic heterocycles. The van der Waals surface area contributed by atoms with Crippen LogP contribution in [0.2, 0.25) is 0 Å². The lowest BCUT2D eigenvalue weighted by Gasteiger charge is -2.18. The highest BCUT2D eigenvalue weighted by atomic mass is 16.2. The maximum Gasteiger partial charge on any atom is 0.255 e. The molecule has 0 aliphatic rings. The zero-order valence-electron chi connectivity index (χ0n) is 15.2. The summed E-state index contributed by atoms with van der Waals surface area (Å²) in [5, 5.41) is 4.22. The topological polar surface area (TPSA) is 43.1 Å². The van der Waals surface area contributed by atoms with Crippen LogP contribution in [0, 0.1) is 13.8 Å². The van der Waals surface area contributed by atoms with E-state index >= 15 is 0 Å². The minimum atomic E-state index is 0.0592. The van der Waals surface area contributed by atoms with Gasteiger partial charge in [-0.05, 0) is 50.6 Å². The van der Waals surface area contributed by atoms with Crippen molar-refractivity contribution in [3.8, 4) is 5.69 Å². The van der Waals surface area contributed by atoms with E-state index in [2.05, 4.69) is 16.6 Å². The third kappa shape index (κ3) is 3.36. The minimum absolute atomic E-state index is 0.0592. The Labute approximate surface area is 148 Å². The summed E-state index contributed by atoms with van der Waals surface area (Å²) in [7, 11) is 1.85. The number of amides is 1. The summed E-state index contributed by atoms with van der Waals surface area (Å²) in [5.74, 6) is 0.0592. The fourth-order valence-electron chi connectivity index (χ4n) is 3.23. The molecule has 0 saturated heterocycles. The molecule has 1 aromatic carbocycles. The molecular formula is C20H24N4O. The average Bonchev–Trinajstić information content (AvgIpc) is 3.23. The second kappa shape index (κ2) is 6.97. The van der Waals surface area contributed by atoms with Gasteiger partial charge in [0.15, 0.2) is 0 Å². The molecular weight excluding hydrogens is 312 g/mol. The quantitative estimate of drug-likeness (QED) is 0.715. The Morgan fingerprint density at radius 3 is 2.48 bits per heavy atom. The molecule has 130 valence electrons. The molecule has 0 saturated carbocycles. The van der Waals surface area contributed by atoms with Crippen molar-refractivity contribution in [2.75, 3.05) is 7.05 Å². The average molecular weight is 336 g/mol. The molecule has 3 rings (SSSR count). The Morgan fingerprint density at radius 1 is 1.20 bits per heavy atom. The van der Waals surface area contributed by atoms with Gasteiger partial charge < -0.3 is 9.47 Å². The van der Waals surface area contributed by atoms with Gasteiger partial charge in [0.05, 0.1) is 11.3 Å². The summed E-state index contributed by atoms with van der Waals surface area (Å²) >= 11 is 0. The Hall–Kier alpha value is -2.82. The van der Waals surface area contributed by atoms with Gasteiger partial charge in [-0.2, -0.15) is 5.10 Å². The van der Waals surface area contributed by atoms with Crippen LogP contribution in [-0.2, 0) is 13.1 Å². The van der Waals surface area contributed by atoms with Crippen LogP contribution in [0.25, 0.3) is 5.69 Å². The first-order valence-corrected chi connectivity index (χ1v) is 8.52. The Balaban J connectivity index is 1.73.